The van der Waals surface area contributed by atoms with Crippen molar-refractivity contribution in [3.63, 3.8) is 0 Å². The van der Waals surface area contributed by atoms with E-state index in [1.54, 1.807) is 17.0 Å². The number of nitrogens with one attached hydrogen (secondary N) is 1. The molecule has 0 bridgehead atoms. The minimum absolute atomic E-state index is 0.0697. The summed E-state index contributed by atoms with van der Waals surface area (Å²) in [7, 11) is 0. The standard InChI is InChI=1S/C20H27ClN2O5/c1-19(2,3)28-18(25)23-10-8-20(26,9-11-23)12-27-15-6-5-14(21)17-13(15)4-7-16(24)22-17/h5-6,26H,4,7-12H2,1-3H3,(H,22,24). The van der Waals surface area contributed by atoms with Crippen LogP contribution in [0.15, 0.2) is 12.1 Å². The molecule has 0 aliphatic carbocycles. The van der Waals surface area contributed by atoms with E-state index in [-0.39, 0.29) is 18.6 Å². The maximum Gasteiger partial charge on any atom is 0.410 e. The summed E-state index contributed by atoms with van der Waals surface area (Å²) in [5.74, 6) is 0.544. The van der Waals surface area contributed by atoms with Crippen molar-refractivity contribution in [1.82, 2.24) is 4.90 Å². The number of halogens is 1. The Morgan fingerprint density at radius 3 is 2.61 bits per heavy atom. The number of benzene rings is 1. The number of hydrogen-bond acceptors (Lipinski definition) is 5. The predicted molar refractivity (Wildman–Crippen MR) is 106 cm³/mol. The van der Waals surface area contributed by atoms with E-state index in [0.29, 0.717) is 55.2 Å². The van der Waals surface area contributed by atoms with Crippen LogP contribution in [0.4, 0.5) is 10.5 Å². The van der Waals surface area contributed by atoms with E-state index in [0.717, 1.165) is 5.56 Å². The summed E-state index contributed by atoms with van der Waals surface area (Å²) in [5.41, 5.74) is -0.135. The van der Waals surface area contributed by atoms with Gasteiger partial charge in [0.25, 0.3) is 0 Å². The van der Waals surface area contributed by atoms with Crippen molar-refractivity contribution in [2.45, 2.75) is 57.7 Å². The Kier molecular flexibility index (Phi) is 5.77. The number of hydrogen-bond donors (Lipinski definition) is 2. The summed E-state index contributed by atoms with van der Waals surface area (Å²) in [6.07, 6.45) is 1.36. The largest absolute Gasteiger partial charge is 0.490 e. The van der Waals surface area contributed by atoms with Gasteiger partial charge in [0.05, 0.1) is 10.7 Å². The molecule has 0 spiro atoms. The molecular weight excluding hydrogens is 384 g/mol. The topological polar surface area (TPSA) is 88.1 Å². The lowest BCUT2D eigenvalue weighted by Gasteiger charge is -2.38. The van der Waals surface area contributed by atoms with E-state index >= 15 is 0 Å². The lowest BCUT2D eigenvalue weighted by atomic mass is 9.92. The Morgan fingerprint density at radius 1 is 1.29 bits per heavy atom. The van der Waals surface area contributed by atoms with Gasteiger partial charge in [0.1, 0.15) is 23.6 Å². The third kappa shape index (κ3) is 4.89. The van der Waals surface area contributed by atoms with Crippen LogP contribution in [-0.2, 0) is 16.0 Å². The second-order valence-corrected chi connectivity index (χ2v) is 8.83. The Labute approximate surface area is 169 Å². The number of piperidine rings is 1. The maximum absolute atomic E-state index is 12.2. The number of likely N-dealkylation sites (tertiary alicyclic amines) is 1. The van der Waals surface area contributed by atoms with E-state index in [1.807, 2.05) is 20.8 Å². The molecule has 0 saturated carbocycles. The van der Waals surface area contributed by atoms with Crippen LogP contribution in [0, 0.1) is 0 Å². The monoisotopic (exact) mass is 410 g/mol. The molecule has 0 radical (unpaired) electrons. The summed E-state index contributed by atoms with van der Waals surface area (Å²) < 4.78 is 11.3. The minimum atomic E-state index is -1.02. The fourth-order valence-electron chi connectivity index (χ4n) is 3.35. The molecule has 7 nitrogen and oxygen atoms in total. The number of rotatable bonds is 3. The summed E-state index contributed by atoms with van der Waals surface area (Å²) in [4.78, 5) is 25.4. The van der Waals surface area contributed by atoms with Crippen molar-refractivity contribution in [1.29, 1.82) is 0 Å². The van der Waals surface area contributed by atoms with E-state index in [1.165, 1.54) is 0 Å². The third-order valence-electron chi connectivity index (χ3n) is 4.93. The summed E-state index contributed by atoms with van der Waals surface area (Å²) in [5, 5.41) is 14.1. The van der Waals surface area contributed by atoms with Gasteiger partial charge in [-0.25, -0.2) is 4.79 Å². The summed E-state index contributed by atoms with van der Waals surface area (Å²) >= 11 is 6.18. The van der Waals surface area contributed by atoms with Gasteiger partial charge in [-0.2, -0.15) is 0 Å². The number of carbonyl (C=O) groups excluding carboxylic acids is 2. The second kappa shape index (κ2) is 7.79. The lowest BCUT2D eigenvalue weighted by molar-refractivity contribution is -0.116. The highest BCUT2D eigenvalue weighted by Crippen LogP contribution is 2.37. The third-order valence-corrected chi connectivity index (χ3v) is 5.24. The first-order chi connectivity index (χ1) is 13.1. The van der Waals surface area contributed by atoms with Crippen LogP contribution in [-0.4, -0.2) is 52.9 Å². The van der Waals surface area contributed by atoms with Gasteiger partial charge in [-0.1, -0.05) is 11.6 Å². The van der Waals surface area contributed by atoms with E-state index in [4.69, 9.17) is 21.1 Å². The van der Waals surface area contributed by atoms with Gasteiger partial charge in [0, 0.05) is 25.1 Å². The van der Waals surface area contributed by atoms with Crippen molar-refractivity contribution in [2.24, 2.45) is 0 Å². The average Bonchev–Trinajstić information content (AvgIpc) is 2.60. The Balaban J connectivity index is 1.60. The van der Waals surface area contributed by atoms with E-state index in [2.05, 4.69) is 5.32 Å². The molecule has 3 rings (SSSR count). The minimum Gasteiger partial charge on any atom is -0.490 e. The molecule has 8 heteroatoms. The van der Waals surface area contributed by atoms with Gasteiger partial charge in [-0.05, 0) is 52.2 Å². The highest BCUT2D eigenvalue weighted by molar-refractivity contribution is 6.34. The fraction of sp³-hybridized carbons (Fsp3) is 0.600. The molecule has 2 N–H and O–H groups in total. The molecule has 1 saturated heterocycles. The molecule has 1 aromatic carbocycles. The van der Waals surface area contributed by atoms with Gasteiger partial charge in [-0.3, -0.25) is 4.79 Å². The van der Waals surface area contributed by atoms with Gasteiger partial charge in [0.2, 0.25) is 5.91 Å². The molecule has 1 aromatic rings. The number of nitrogens with zero attached hydrogens (tertiary/aromatic N) is 1. The molecule has 0 atom stereocenters. The zero-order valence-electron chi connectivity index (χ0n) is 16.5. The number of anilines is 1. The molecule has 2 amide bonds. The number of ether oxygens (including phenoxy) is 2. The Bertz CT molecular complexity index is 767. The molecule has 0 aromatic heterocycles. The van der Waals surface area contributed by atoms with Crippen molar-refractivity contribution in [3.05, 3.63) is 22.7 Å². The molecule has 0 unspecified atom stereocenters. The van der Waals surface area contributed by atoms with Crippen LogP contribution in [0.3, 0.4) is 0 Å². The second-order valence-electron chi connectivity index (χ2n) is 8.43. The number of fused-ring (bicyclic) bond motifs is 1. The van der Waals surface area contributed by atoms with Crippen LogP contribution < -0.4 is 10.1 Å². The zero-order valence-corrected chi connectivity index (χ0v) is 17.3. The average molecular weight is 411 g/mol. The van der Waals surface area contributed by atoms with Crippen molar-refractivity contribution in [2.75, 3.05) is 25.0 Å². The molecule has 1 fully saturated rings. The molecule has 2 aliphatic rings. The van der Waals surface area contributed by atoms with E-state index in [9.17, 15) is 14.7 Å². The fourth-order valence-corrected chi connectivity index (χ4v) is 3.57. The van der Waals surface area contributed by atoms with Crippen LogP contribution in [0.2, 0.25) is 5.02 Å². The Hall–Kier alpha value is -1.99. The quantitative estimate of drug-likeness (QED) is 0.797. The lowest BCUT2D eigenvalue weighted by Crippen LogP contribution is -2.50. The van der Waals surface area contributed by atoms with Crippen molar-refractivity contribution in [3.8, 4) is 5.75 Å². The number of carbonyl (C=O) groups is 2. The Morgan fingerprint density at radius 2 is 1.96 bits per heavy atom. The molecule has 2 heterocycles. The summed E-state index contributed by atoms with van der Waals surface area (Å²) in [6.45, 7) is 6.40. The summed E-state index contributed by atoms with van der Waals surface area (Å²) in [6, 6.07) is 3.44. The predicted octanol–water partition coefficient (Wildman–Crippen LogP) is 3.37. The highest BCUT2D eigenvalue weighted by Gasteiger charge is 2.36. The van der Waals surface area contributed by atoms with Crippen molar-refractivity contribution >= 4 is 29.3 Å². The normalized spacial score (nSPS) is 18.9. The van der Waals surface area contributed by atoms with Crippen molar-refractivity contribution < 1.29 is 24.2 Å². The zero-order chi connectivity index (χ0) is 20.5. The molecular formula is C20H27ClN2O5. The van der Waals surface area contributed by atoms with Gasteiger partial charge in [-0.15, -0.1) is 0 Å². The molecule has 28 heavy (non-hydrogen) atoms. The van der Waals surface area contributed by atoms with Crippen LogP contribution in [0.1, 0.15) is 45.6 Å². The molecule has 154 valence electrons. The SMILES string of the molecule is CC(C)(C)OC(=O)N1CCC(O)(COc2ccc(Cl)c3c2CCC(=O)N3)CC1. The highest BCUT2D eigenvalue weighted by atomic mass is 35.5. The molecule has 2 aliphatic heterocycles. The first-order valence-electron chi connectivity index (χ1n) is 9.51. The van der Waals surface area contributed by atoms with Gasteiger partial charge in [0.15, 0.2) is 0 Å². The van der Waals surface area contributed by atoms with Crippen LogP contribution in [0.25, 0.3) is 0 Å². The first-order valence-corrected chi connectivity index (χ1v) is 9.88. The van der Waals surface area contributed by atoms with Crippen LogP contribution in [0.5, 0.6) is 5.75 Å². The van der Waals surface area contributed by atoms with Gasteiger partial charge < -0.3 is 24.8 Å². The van der Waals surface area contributed by atoms with E-state index < -0.39 is 11.2 Å². The smallest absolute Gasteiger partial charge is 0.410 e. The van der Waals surface area contributed by atoms with Gasteiger partial charge >= 0.3 is 6.09 Å². The maximum atomic E-state index is 12.2. The first kappa shape index (κ1) is 20.7. The number of aliphatic hydroxyl groups is 1. The van der Waals surface area contributed by atoms with Crippen LogP contribution >= 0.6 is 11.6 Å². The number of amides is 2.